The molecule has 0 aliphatic heterocycles. The van der Waals surface area contributed by atoms with Gasteiger partial charge in [0, 0.05) is 24.3 Å². The second-order valence-corrected chi connectivity index (χ2v) is 6.96. The van der Waals surface area contributed by atoms with Crippen molar-refractivity contribution in [3.8, 4) is 23.8 Å². The second kappa shape index (κ2) is 12.0. The number of hydrogen-bond donors (Lipinski definition) is 1. The summed E-state index contributed by atoms with van der Waals surface area (Å²) in [4.78, 5) is 13.5. The number of ether oxygens (including phenoxy) is 3. The lowest BCUT2D eigenvalue weighted by atomic mass is 10.1. The van der Waals surface area contributed by atoms with E-state index in [1.54, 1.807) is 26.0 Å². The molecule has 148 valence electrons. The number of hydrogen-bond acceptors (Lipinski definition) is 5. The fourth-order valence-electron chi connectivity index (χ4n) is 2.49. The molecule has 6 heteroatoms. The highest BCUT2D eigenvalue weighted by atomic mass is 32.2. The summed E-state index contributed by atoms with van der Waals surface area (Å²) in [6.45, 7) is 0.688. The molecule has 0 bridgehead atoms. The summed E-state index contributed by atoms with van der Waals surface area (Å²) < 4.78 is 16.1. The molecule has 5 nitrogen and oxygen atoms in total. The number of methoxy groups -OCH3 is 2. The van der Waals surface area contributed by atoms with Gasteiger partial charge < -0.3 is 19.5 Å². The highest BCUT2D eigenvalue weighted by Gasteiger charge is 2.17. The van der Waals surface area contributed by atoms with Gasteiger partial charge in [0.25, 0.3) is 0 Å². The van der Waals surface area contributed by atoms with Crippen LogP contribution in [0.2, 0.25) is 0 Å². The molecule has 0 saturated carbocycles. The van der Waals surface area contributed by atoms with Crippen molar-refractivity contribution >= 4 is 17.7 Å². The minimum absolute atomic E-state index is 0.119. The second-order valence-electron chi connectivity index (χ2n) is 5.87. The van der Waals surface area contributed by atoms with Crippen LogP contribution in [-0.4, -0.2) is 45.1 Å². The average Bonchev–Trinajstić information content (AvgIpc) is 2.73. The molecule has 0 radical (unpaired) electrons. The van der Waals surface area contributed by atoms with Crippen molar-refractivity contribution in [2.45, 2.75) is 17.4 Å². The van der Waals surface area contributed by atoms with Gasteiger partial charge in [-0.05, 0) is 36.2 Å². The van der Waals surface area contributed by atoms with Crippen LogP contribution in [0.25, 0.3) is 0 Å². The van der Waals surface area contributed by atoms with Crippen molar-refractivity contribution in [1.82, 2.24) is 5.32 Å². The van der Waals surface area contributed by atoms with Crippen LogP contribution in [0.3, 0.4) is 0 Å². The Bertz CT molecular complexity index is 789. The quantitative estimate of drug-likeness (QED) is 0.465. The van der Waals surface area contributed by atoms with Gasteiger partial charge in [0.15, 0.2) is 11.5 Å². The minimum atomic E-state index is -0.501. The lowest BCUT2D eigenvalue weighted by molar-refractivity contribution is -0.129. The number of terminal acetylenes is 1. The molecule has 1 amide bonds. The van der Waals surface area contributed by atoms with Gasteiger partial charge in [0.1, 0.15) is 12.7 Å². The first-order valence-corrected chi connectivity index (χ1v) is 9.88. The number of carbonyl (C=O) groups excluding carboxylic acids is 1. The summed E-state index contributed by atoms with van der Waals surface area (Å²) in [6, 6.07) is 15.6. The summed E-state index contributed by atoms with van der Waals surface area (Å²) in [6.07, 6.45) is 5.38. The summed E-state index contributed by atoms with van der Waals surface area (Å²) in [5, 5.41) is 2.93. The van der Waals surface area contributed by atoms with Crippen LogP contribution in [-0.2, 0) is 16.0 Å². The van der Waals surface area contributed by atoms with Gasteiger partial charge in [-0.1, -0.05) is 30.2 Å². The first-order valence-electron chi connectivity index (χ1n) is 8.89. The van der Waals surface area contributed by atoms with Gasteiger partial charge in [-0.3, -0.25) is 4.79 Å². The van der Waals surface area contributed by atoms with Crippen molar-refractivity contribution in [2.75, 3.05) is 33.1 Å². The Kier molecular flexibility index (Phi) is 9.26. The van der Waals surface area contributed by atoms with Crippen LogP contribution in [0.5, 0.6) is 11.5 Å². The predicted molar refractivity (Wildman–Crippen MR) is 112 cm³/mol. The van der Waals surface area contributed by atoms with E-state index in [1.165, 1.54) is 0 Å². The van der Waals surface area contributed by atoms with Gasteiger partial charge in [0.2, 0.25) is 5.91 Å². The SMILES string of the molecule is C#CCOc1ccc(CCNC(=O)[C@H](CSc2ccccc2)OC)cc1OC. The molecule has 28 heavy (non-hydrogen) atoms. The third kappa shape index (κ3) is 6.84. The van der Waals surface area contributed by atoms with Crippen molar-refractivity contribution < 1.29 is 19.0 Å². The van der Waals surface area contributed by atoms with E-state index < -0.39 is 6.10 Å². The summed E-state index contributed by atoms with van der Waals surface area (Å²) >= 11 is 1.59. The highest BCUT2D eigenvalue weighted by Crippen LogP contribution is 2.28. The molecule has 2 rings (SSSR count). The summed E-state index contributed by atoms with van der Waals surface area (Å²) in [5.74, 6) is 4.09. The summed E-state index contributed by atoms with van der Waals surface area (Å²) in [5.41, 5.74) is 1.03. The van der Waals surface area contributed by atoms with E-state index in [9.17, 15) is 4.79 Å². The molecule has 0 aliphatic rings. The van der Waals surface area contributed by atoms with E-state index in [-0.39, 0.29) is 12.5 Å². The highest BCUT2D eigenvalue weighted by molar-refractivity contribution is 7.99. The molecule has 0 saturated heterocycles. The zero-order valence-electron chi connectivity index (χ0n) is 16.1. The molecular formula is C22H25NO4S. The van der Waals surface area contributed by atoms with Gasteiger partial charge in [-0.25, -0.2) is 0 Å². The summed E-state index contributed by atoms with van der Waals surface area (Å²) in [7, 11) is 3.13. The number of rotatable bonds is 11. The Morgan fingerprint density at radius 3 is 2.64 bits per heavy atom. The fourth-order valence-corrected chi connectivity index (χ4v) is 3.47. The first kappa shape index (κ1) is 21.7. The van der Waals surface area contributed by atoms with Crippen LogP contribution in [0.15, 0.2) is 53.4 Å². The van der Waals surface area contributed by atoms with Crippen LogP contribution < -0.4 is 14.8 Å². The maximum atomic E-state index is 12.4. The molecular weight excluding hydrogens is 374 g/mol. The third-order valence-electron chi connectivity index (χ3n) is 3.97. The van der Waals surface area contributed by atoms with E-state index in [2.05, 4.69) is 11.2 Å². The lowest BCUT2D eigenvalue weighted by Crippen LogP contribution is -2.38. The Labute approximate surface area is 170 Å². The number of nitrogens with one attached hydrogen (secondary N) is 1. The first-order chi connectivity index (χ1) is 13.7. The van der Waals surface area contributed by atoms with E-state index >= 15 is 0 Å². The molecule has 0 spiro atoms. The van der Waals surface area contributed by atoms with Crippen LogP contribution in [0.4, 0.5) is 0 Å². The smallest absolute Gasteiger partial charge is 0.250 e. The van der Waals surface area contributed by atoms with E-state index in [4.69, 9.17) is 20.6 Å². The van der Waals surface area contributed by atoms with Gasteiger partial charge in [-0.2, -0.15) is 0 Å². The van der Waals surface area contributed by atoms with Crippen molar-refractivity contribution in [3.05, 3.63) is 54.1 Å². The van der Waals surface area contributed by atoms with E-state index in [1.807, 2.05) is 48.5 Å². The van der Waals surface area contributed by atoms with Crippen LogP contribution in [0.1, 0.15) is 5.56 Å². The maximum Gasteiger partial charge on any atom is 0.250 e. The molecule has 2 aromatic rings. The molecule has 0 heterocycles. The van der Waals surface area contributed by atoms with Crippen LogP contribution in [0, 0.1) is 12.3 Å². The minimum Gasteiger partial charge on any atom is -0.493 e. The monoisotopic (exact) mass is 399 g/mol. The van der Waals surface area contributed by atoms with E-state index in [0.29, 0.717) is 30.2 Å². The van der Waals surface area contributed by atoms with Gasteiger partial charge >= 0.3 is 0 Å². The molecule has 1 atom stereocenters. The molecule has 2 aromatic carbocycles. The topological polar surface area (TPSA) is 56.8 Å². The molecule has 1 N–H and O–H groups in total. The Balaban J connectivity index is 1.82. The number of benzene rings is 2. The maximum absolute atomic E-state index is 12.4. The zero-order chi connectivity index (χ0) is 20.2. The number of amides is 1. The fraction of sp³-hybridized carbons (Fsp3) is 0.318. The zero-order valence-corrected chi connectivity index (χ0v) is 17.0. The molecule has 0 aromatic heterocycles. The Morgan fingerprint density at radius 1 is 1.18 bits per heavy atom. The van der Waals surface area contributed by atoms with Gasteiger partial charge in [0.05, 0.1) is 7.11 Å². The average molecular weight is 400 g/mol. The molecule has 0 fully saturated rings. The molecule has 0 unspecified atom stereocenters. The molecule has 0 aliphatic carbocycles. The standard InChI is InChI=1S/C22H25NO4S/c1-4-14-27-19-11-10-17(15-20(19)25-2)12-13-23-22(24)21(26-3)16-28-18-8-6-5-7-9-18/h1,5-11,15,21H,12-14,16H2,2-3H3,(H,23,24)/t21-/m0/s1. The normalized spacial score (nSPS) is 11.3. The predicted octanol–water partition coefficient (Wildman–Crippen LogP) is 3.17. The largest absolute Gasteiger partial charge is 0.493 e. The third-order valence-corrected chi connectivity index (χ3v) is 5.05. The van der Waals surface area contributed by atoms with Crippen molar-refractivity contribution in [2.24, 2.45) is 0 Å². The van der Waals surface area contributed by atoms with Crippen molar-refractivity contribution in [1.29, 1.82) is 0 Å². The van der Waals surface area contributed by atoms with Crippen molar-refractivity contribution in [3.63, 3.8) is 0 Å². The van der Waals surface area contributed by atoms with E-state index in [0.717, 1.165) is 10.5 Å². The number of thioether (sulfide) groups is 1. The van der Waals surface area contributed by atoms with Crippen LogP contribution >= 0.6 is 11.8 Å². The number of carbonyl (C=O) groups is 1. The van der Waals surface area contributed by atoms with Gasteiger partial charge in [-0.15, -0.1) is 18.2 Å². The lowest BCUT2D eigenvalue weighted by Gasteiger charge is -2.15. The Hall–Kier alpha value is -2.62. The Morgan fingerprint density at radius 2 is 1.96 bits per heavy atom.